The Morgan fingerprint density at radius 2 is 1.88 bits per heavy atom. The maximum atomic E-state index is 12.1. The normalized spacial score (nSPS) is 13.0. The maximum Gasteiger partial charge on any atom is 0.315 e. The molecule has 24 heavy (non-hydrogen) atoms. The molecule has 0 aliphatic carbocycles. The van der Waals surface area contributed by atoms with Crippen molar-refractivity contribution >= 4 is 6.03 Å². The van der Waals surface area contributed by atoms with Gasteiger partial charge in [-0.15, -0.1) is 0 Å². The zero-order valence-corrected chi connectivity index (χ0v) is 15.6. The lowest BCUT2D eigenvalue weighted by molar-refractivity contribution is 0.235. The highest BCUT2D eigenvalue weighted by molar-refractivity contribution is 5.74. The number of amides is 2. The molecular weight excluding hydrogens is 304 g/mol. The monoisotopic (exact) mass is 336 g/mol. The van der Waals surface area contributed by atoms with E-state index in [1.807, 2.05) is 25.1 Å². The van der Waals surface area contributed by atoms with Crippen LogP contribution in [-0.2, 0) is 0 Å². The van der Waals surface area contributed by atoms with E-state index in [1.165, 1.54) is 19.3 Å². The molecule has 136 valence electrons. The van der Waals surface area contributed by atoms with Gasteiger partial charge in [0.2, 0.25) is 0 Å². The summed E-state index contributed by atoms with van der Waals surface area (Å²) in [5, 5.41) is 5.96. The van der Waals surface area contributed by atoms with Gasteiger partial charge in [0.1, 0.15) is 0 Å². The molecule has 1 rings (SSSR count). The predicted octanol–water partition coefficient (Wildman–Crippen LogP) is 4.28. The average molecular weight is 336 g/mol. The Kier molecular flexibility index (Phi) is 9.05. The largest absolute Gasteiger partial charge is 0.493 e. The van der Waals surface area contributed by atoms with Crippen LogP contribution in [0.15, 0.2) is 18.2 Å². The number of hydrogen-bond acceptors (Lipinski definition) is 3. The molecule has 5 nitrogen and oxygen atoms in total. The molecule has 1 aromatic rings. The van der Waals surface area contributed by atoms with Crippen LogP contribution >= 0.6 is 0 Å². The van der Waals surface area contributed by atoms with Gasteiger partial charge in [-0.3, -0.25) is 0 Å². The van der Waals surface area contributed by atoms with Crippen LogP contribution in [0.1, 0.15) is 58.1 Å². The van der Waals surface area contributed by atoms with Crippen LogP contribution in [-0.4, -0.2) is 26.8 Å². The van der Waals surface area contributed by atoms with Gasteiger partial charge in [-0.1, -0.05) is 39.2 Å². The Balaban J connectivity index is 2.54. The van der Waals surface area contributed by atoms with Gasteiger partial charge < -0.3 is 20.1 Å². The lowest BCUT2D eigenvalue weighted by atomic mass is 9.99. The van der Waals surface area contributed by atoms with Gasteiger partial charge in [0.15, 0.2) is 11.5 Å². The summed E-state index contributed by atoms with van der Waals surface area (Å²) in [4.78, 5) is 12.1. The van der Waals surface area contributed by atoms with E-state index in [0.29, 0.717) is 17.4 Å². The van der Waals surface area contributed by atoms with Gasteiger partial charge in [0.25, 0.3) is 0 Å². The average Bonchev–Trinajstić information content (AvgIpc) is 2.61. The standard InChI is InChI=1S/C19H32N2O3/c1-6-8-9-15(7-2)13-20-19(22)21-14(3)16-10-11-17(23-4)18(12-16)24-5/h10-12,14-15H,6-9,13H2,1-5H3,(H2,20,21,22). The van der Waals surface area contributed by atoms with Gasteiger partial charge >= 0.3 is 6.03 Å². The lowest BCUT2D eigenvalue weighted by Gasteiger charge is -2.19. The van der Waals surface area contributed by atoms with Crippen molar-refractivity contribution in [1.82, 2.24) is 10.6 Å². The highest BCUT2D eigenvalue weighted by atomic mass is 16.5. The first kappa shape index (κ1) is 20.1. The summed E-state index contributed by atoms with van der Waals surface area (Å²) in [7, 11) is 3.21. The molecule has 0 aromatic heterocycles. The molecule has 0 aliphatic heterocycles. The third-order valence-electron chi connectivity index (χ3n) is 4.35. The molecule has 1 aromatic carbocycles. The van der Waals surface area contributed by atoms with Crippen LogP contribution < -0.4 is 20.1 Å². The van der Waals surface area contributed by atoms with E-state index >= 15 is 0 Å². The minimum absolute atomic E-state index is 0.111. The Labute approximate surface area is 146 Å². The second kappa shape index (κ2) is 10.8. The fourth-order valence-corrected chi connectivity index (χ4v) is 2.63. The molecule has 0 heterocycles. The molecule has 2 atom stereocenters. The van der Waals surface area contributed by atoms with Crippen LogP contribution in [0.3, 0.4) is 0 Å². The van der Waals surface area contributed by atoms with Crippen molar-refractivity contribution in [3.63, 3.8) is 0 Å². The van der Waals surface area contributed by atoms with E-state index in [1.54, 1.807) is 14.2 Å². The topological polar surface area (TPSA) is 59.6 Å². The number of methoxy groups -OCH3 is 2. The summed E-state index contributed by atoms with van der Waals surface area (Å²) in [5.41, 5.74) is 0.973. The number of carbonyl (C=O) groups excluding carboxylic acids is 1. The highest BCUT2D eigenvalue weighted by Gasteiger charge is 2.13. The number of carbonyl (C=O) groups is 1. The second-order valence-electron chi connectivity index (χ2n) is 6.11. The SMILES string of the molecule is CCCCC(CC)CNC(=O)NC(C)c1ccc(OC)c(OC)c1. The quantitative estimate of drug-likeness (QED) is 0.670. The van der Waals surface area contributed by atoms with Gasteiger partial charge in [-0.2, -0.15) is 0 Å². The van der Waals surface area contributed by atoms with E-state index in [9.17, 15) is 4.79 Å². The van der Waals surface area contributed by atoms with Crippen molar-refractivity contribution < 1.29 is 14.3 Å². The van der Waals surface area contributed by atoms with Crippen LogP contribution in [0, 0.1) is 5.92 Å². The third kappa shape index (κ3) is 6.30. The molecule has 0 aliphatic rings. The molecule has 0 spiro atoms. The smallest absolute Gasteiger partial charge is 0.315 e. The molecular formula is C19H32N2O3. The summed E-state index contributed by atoms with van der Waals surface area (Å²) in [6, 6.07) is 5.43. The molecule has 0 fully saturated rings. The second-order valence-corrected chi connectivity index (χ2v) is 6.11. The maximum absolute atomic E-state index is 12.1. The van der Waals surface area contributed by atoms with Crippen LogP contribution in [0.2, 0.25) is 0 Å². The highest BCUT2D eigenvalue weighted by Crippen LogP contribution is 2.29. The fourth-order valence-electron chi connectivity index (χ4n) is 2.63. The molecule has 0 bridgehead atoms. The number of urea groups is 1. The van der Waals surface area contributed by atoms with Crippen molar-refractivity contribution in [3.8, 4) is 11.5 Å². The molecule has 0 saturated heterocycles. The van der Waals surface area contributed by atoms with E-state index < -0.39 is 0 Å². The van der Waals surface area contributed by atoms with E-state index in [-0.39, 0.29) is 12.1 Å². The molecule has 0 radical (unpaired) electrons. The van der Waals surface area contributed by atoms with Crippen molar-refractivity contribution in [3.05, 3.63) is 23.8 Å². The summed E-state index contributed by atoms with van der Waals surface area (Å²) in [6.45, 7) is 7.04. The zero-order valence-electron chi connectivity index (χ0n) is 15.6. The summed E-state index contributed by atoms with van der Waals surface area (Å²) in [6.07, 6.45) is 4.66. The molecule has 2 unspecified atom stereocenters. The Bertz CT molecular complexity index is 505. The molecule has 0 saturated carbocycles. The van der Waals surface area contributed by atoms with Gasteiger partial charge in [-0.25, -0.2) is 4.79 Å². The number of benzene rings is 1. The van der Waals surface area contributed by atoms with Crippen LogP contribution in [0.4, 0.5) is 4.79 Å². The molecule has 2 N–H and O–H groups in total. The molecule has 5 heteroatoms. The van der Waals surface area contributed by atoms with Gasteiger partial charge in [0.05, 0.1) is 20.3 Å². The van der Waals surface area contributed by atoms with Crippen molar-refractivity contribution in [1.29, 1.82) is 0 Å². The van der Waals surface area contributed by atoms with E-state index in [2.05, 4.69) is 24.5 Å². The van der Waals surface area contributed by atoms with Crippen molar-refractivity contribution in [2.75, 3.05) is 20.8 Å². The first-order chi connectivity index (χ1) is 11.5. The predicted molar refractivity (Wildman–Crippen MR) is 97.8 cm³/mol. The first-order valence-electron chi connectivity index (χ1n) is 8.81. The number of unbranched alkanes of at least 4 members (excludes halogenated alkanes) is 1. The number of hydrogen-bond donors (Lipinski definition) is 2. The minimum Gasteiger partial charge on any atom is -0.493 e. The van der Waals surface area contributed by atoms with Crippen LogP contribution in [0.5, 0.6) is 11.5 Å². The van der Waals surface area contributed by atoms with Crippen molar-refractivity contribution in [2.24, 2.45) is 5.92 Å². The molecule has 2 amide bonds. The lowest BCUT2D eigenvalue weighted by Crippen LogP contribution is -2.39. The fraction of sp³-hybridized carbons (Fsp3) is 0.632. The van der Waals surface area contributed by atoms with Crippen LogP contribution in [0.25, 0.3) is 0 Å². The van der Waals surface area contributed by atoms with Gasteiger partial charge in [-0.05, 0) is 37.0 Å². The first-order valence-corrected chi connectivity index (χ1v) is 8.81. The number of nitrogens with one attached hydrogen (secondary N) is 2. The zero-order chi connectivity index (χ0) is 17.9. The van der Waals surface area contributed by atoms with E-state index in [4.69, 9.17) is 9.47 Å². The summed E-state index contributed by atoms with van der Waals surface area (Å²) in [5.74, 6) is 1.89. The Morgan fingerprint density at radius 3 is 2.46 bits per heavy atom. The summed E-state index contributed by atoms with van der Waals surface area (Å²) >= 11 is 0. The van der Waals surface area contributed by atoms with E-state index in [0.717, 1.165) is 18.5 Å². The van der Waals surface area contributed by atoms with Crippen molar-refractivity contribution in [2.45, 2.75) is 52.5 Å². The third-order valence-corrected chi connectivity index (χ3v) is 4.35. The Hall–Kier alpha value is -1.91. The Morgan fingerprint density at radius 1 is 1.17 bits per heavy atom. The minimum atomic E-state index is -0.132. The number of rotatable bonds is 10. The summed E-state index contributed by atoms with van der Waals surface area (Å²) < 4.78 is 10.5. The number of ether oxygens (including phenoxy) is 2. The van der Waals surface area contributed by atoms with Gasteiger partial charge in [0, 0.05) is 6.54 Å².